The number of aromatic carboxylic acids is 1. The van der Waals surface area contributed by atoms with Gasteiger partial charge in [-0.05, 0) is 25.5 Å². The maximum absolute atomic E-state index is 11.3. The minimum absolute atomic E-state index is 0.228. The summed E-state index contributed by atoms with van der Waals surface area (Å²) in [6, 6.07) is 5.00. The van der Waals surface area contributed by atoms with E-state index in [-0.39, 0.29) is 16.8 Å². The molecule has 5 nitrogen and oxygen atoms in total. The van der Waals surface area contributed by atoms with E-state index < -0.39 is 5.97 Å². The largest absolute Gasteiger partial charge is 0.478 e. The molecule has 0 aliphatic rings. The number of benzene rings is 1. The molecule has 1 unspecified atom stereocenters. The second-order valence-corrected chi connectivity index (χ2v) is 4.88. The molecule has 0 saturated heterocycles. The van der Waals surface area contributed by atoms with Crippen LogP contribution in [0.2, 0.25) is 5.15 Å². The van der Waals surface area contributed by atoms with Gasteiger partial charge in [-0.1, -0.05) is 29.3 Å². The molecule has 0 amide bonds. The van der Waals surface area contributed by atoms with Crippen molar-refractivity contribution in [2.24, 2.45) is 0 Å². The molecule has 0 saturated carbocycles. The molecule has 20 heavy (non-hydrogen) atoms. The molecule has 2 rings (SSSR count). The summed E-state index contributed by atoms with van der Waals surface area (Å²) < 4.78 is 0. The van der Waals surface area contributed by atoms with Gasteiger partial charge < -0.3 is 10.4 Å². The number of rotatable bonds is 4. The van der Waals surface area contributed by atoms with E-state index in [4.69, 9.17) is 11.6 Å². The number of anilines is 1. The first-order valence-corrected chi connectivity index (χ1v) is 6.43. The smallest absolute Gasteiger partial charge is 0.336 e. The van der Waals surface area contributed by atoms with Crippen LogP contribution in [-0.2, 0) is 0 Å². The zero-order chi connectivity index (χ0) is 14.7. The lowest BCUT2D eigenvalue weighted by Crippen LogP contribution is -2.13. The van der Waals surface area contributed by atoms with Crippen molar-refractivity contribution in [2.75, 3.05) is 5.32 Å². The first-order valence-electron chi connectivity index (χ1n) is 6.05. The normalized spacial score (nSPS) is 11.9. The van der Waals surface area contributed by atoms with Gasteiger partial charge in [-0.2, -0.15) is 0 Å². The molecule has 2 N–H and O–H groups in total. The van der Waals surface area contributed by atoms with E-state index in [1.807, 2.05) is 19.9 Å². The maximum atomic E-state index is 11.3. The van der Waals surface area contributed by atoms with Crippen LogP contribution in [0, 0.1) is 6.92 Å². The minimum atomic E-state index is -0.953. The summed E-state index contributed by atoms with van der Waals surface area (Å²) in [7, 11) is 0. The van der Waals surface area contributed by atoms with E-state index in [1.54, 1.807) is 18.3 Å². The van der Waals surface area contributed by atoms with Gasteiger partial charge in [-0.15, -0.1) is 0 Å². The zero-order valence-corrected chi connectivity index (χ0v) is 11.8. The topological polar surface area (TPSA) is 75.1 Å². The summed E-state index contributed by atoms with van der Waals surface area (Å²) in [6.07, 6.45) is 2.98. The van der Waals surface area contributed by atoms with Crippen molar-refractivity contribution in [2.45, 2.75) is 19.9 Å². The maximum Gasteiger partial charge on any atom is 0.336 e. The number of aryl methyl sites for hydroxylation is 1. The van der Waals surface area contributed by atoms with E-state index in [0.717, 1.165) is 5.56 Å². The van der Waals surface area contributed by atoms with E-state index in [0.29, 0.717) is 11.4 Å². The molecule has 2 aromatic rings. The van der Waals surface area contributed by atoms with Crippen LogP contribution in [0.3, 0.4) is 0 Å². The minimum Gasteiger partial charge on any atom is -0.478 e. The monoisotopic (exact) mass is 291 g/mol. The number of carboxylic acid groups (broad SMARTS) is 1. The molecule has 104 valence electrons. The van der Waals surface area contributed by atoms with Gasteiger partial charge >= 0.3 is 5.97 Å². The summed E-state index contributed by atoms with van der Waals surface area (Å²) >= 11 is 5.77. The van der Waals surface area contributed by atoms with Crippen molar-refractivity contribution in [1.29, 1.82) is 0 Å². The highest BCUT2D eigenvalue weighted by Gasteiger charge is 2.16. The van der Waals surface area contributed by atoms with Gasteiger partial charge in [0.15, 0.2) is 0 Å². The first kappa shape index (κ1) is 14.3. The lowest BCUT2D eigenvalue weighted by Gasteiger charge is -2.17. The van der Waals surface area contributed by atoms with Gasteiger partial charge in [0.25, 0.3) is 0 Å². The third kappa shape index (κ3) is 3.24. The fraction of sp³-hybridized carbons (Fsp3) is 0.214. The zero-order valence-electron chi connectivity index (χ0n) is 11.1. The average Bonchev–Trinajstić information content (AvgIpc) is 2.38. The molecular formula is C14H14ClN3O2. The van der Waals surface area contributed by atoms with E-state index in [2.05, 4.69) is 15.3 Å². The Morgan fingerprint density at radius 1 is 1.40 bits per heavy atom. The summed E-state index contributed by atoms with van der Waals surface area (Å²) in [5.74, 6) is -0.450. The van der Waals surface area contributed by atoms with Crippen LogP contribution >= 0.6 is 11.6 Å². The van der Waals surface area contributed by atoms with Crippen molar-refractivity contribution < 1.29 is 9.90 Å². The first-order chi connectivity index (χ1) is 9.47. The van der Waals surface area contributed by atoms with Gasteiger partial charge in [0, 0.05) is 0 Å². The van der Waals surface area contributed by atoms with Gasteiger partial charge in [-0.3, -0.25) is 4.98 Å². The fourth-order valence-corrected chi connectivity index (χ4v) is 2.09. The number of aromatic nitrogens is 2. The van der Waals surface area contributed by atoms with E-state index in [9.17, 15) is 9.90 Å². The number of hydrogen-bond acceptors (Lipinski definition) is 4. The molecule has 0 aliphatic carbocycles. The number of hydrogen-bond donors (Lipinski definition) is 2. The van der Waals surface area contributed by atoms with Crippen molar-refractivity contribution in [3.05, 3.63) is 52.4 Å². The molecule has 0 spiro atoms. The molecule has 0 bridgehead atoms. The van der Waals surface area contributed by atoms with E-state index >= 15 is 0 Å². The molecular weight excluding hydrogens is 278 g/mol. The Balaban J connectivity index is 2.31. The van der Waals surface area contributed by atoms with Crippen LogP contribution in [0.4, 0.5) is 5.82 Å². The SMILES string of the molecule is Cc1ccc(C(=O)O)c(C(C)Nc2cncc(Cl)n2)c1. The van der Waals surface area contributed by atoms with Crippen molar-refractivity contribution >= 4 is 23.4 Å². The third-order valence-electron chi connectivity index (χ3n) is 2.87. The Morgan fingerprint density at radius 2 is 2.15 bits per heavy atom. The predicted octanol–water partition coefficient (Wildman–Crippen LogP) is 3.31. The highest BCUT2D eigenvalue weighted by Crippen LogP contribution is 2.23. The van der Waals surface area contributed by atoms with Crippen molar-refractivity contribution in [3.8, 4) is 0 Å². The third-order valence-corrected chi connectivity index (χ3v) is 3.06. The summed E-state index contributed by atoms with van der Waals surface area (Å²) in [5, 5.41) is 12.6. The molecule has 1 atom stereocenters. The van der Waals surface area contributed by atoms with Gasteiger partial charge in [0.2, 0.25) is 0 Å². The molecule has 0 radical (unpaired) electrons. The molecule has 1 aromatic carbocycles. The predicted molar refractivity (Wildman–Crippen MR) is 77.2 cm³/mol. The van der Waals surface area contributed by atoms with Crippen LogP contribution in [0.5, 0.6) is 0 Å². The number of nitrogens with one attached hydrogen (secondary N) is 1. The summed E-state index contributed by atoms with van der Waals surface area (Å²) in [4.78, 5) is 19.3. The van der Waals surface area contributed by atoms with E-state index in [1.165, 1.54) is 6.20 Å². The number of carbonyl (C=O) groups is 1. The highest BCUT2D eigenvalue weighted by molar-refractivity contribution is 6.29. The molecule has 0 aliphatic heterocycles. The Kier molecular flexibility index (Phi) is 4.20. The molecule has 6 heteroatoms. The summed E-state index contributed by atoms with van der Waals surface area (Å²) in [5.41, 5.74) is 1.96. The summed E-state index contributed by atoms with van der Waals surface area (Å²) in [6.45, 7) is 3.78. The van der Waals surface area contributed by atoms with Crippen molar-refractivity contribution in [3.63, 3.8) is 0 Å². The lowest BCUT2D eigenvalue weighted by molar-refractivity contribution is 0.0695. The van der Waals surface area contributed by atoms with Crippen LogP contribution in [-0.4, -0.2) is 21.0 Å². The number of halogens is 1. The number of carboxylic acids is 1. The van der Waals surface area contributed by atoms with Gasteiger partial charge in [0.1, 0.15) is 11.0 Å². The molecule has 1 aromatic heterocycles. The Hall–Kier alpha value is -2.14. The van der Waals surface area contributed by atoms with Crippen LogP contribution in [0.25, 0.3) is 0 Å². The van der Waals surface area contributed by atoms with Crippen molar-refractivity contribution in [1.82, 2.24) is 9.97 Å². The Labute approximate surface area is 121 Å². The molecule has 0 fully saturated rings. The van der Waals surface area contributed by atoms with Crippen LogP contribution in [0.1, 0.15) is 34.5 Å². The fourth-order valence-electron chi connectivity index (χ4n) is 1.95. The lowest BCUT2D eigenvalue weighted by atomic mass is 9.99. The second kappa shape index (κ2) is 5.88. The van der Waals surface area contributed by atoms with Gasteiger partial charge in [-0.25, -0.2) is 9.78 Å². The number of nitrogens with zero attached hydrogens (tertiary/aromatic N) is 2. The van der Waals surface area contributed by atoms with Crippen LogP contribution in [0.15, 0.2) is 30.6 Å². The standard InChI is InChI=1S/C14H14ClN3O2/c1-8-3-4-10(14(19)20)11(5-8)9(2)17-13-7-16-6-12(15)18-13/h3-7,9H,1-2H3,(H,17,18)(H,19,20). The average molecular weight is 292 g/mol. The Bertz CT molecular complexity index is 646. The van der Waals surface area contributed by atoms with Crippen LogP contribution < -0.4 is 5.32 Å². The quantitative estimate of drug-likeness (QED) is 0.904. The highest BCUT2D eigenvalue weighted by atomic mass is 35.5. The molecule has 1 heterocycles. The second-order valence-electron chi connectivity index (χ2n) is 4.49. The Morgan fingerprint density at radius 3 is 2.80 bits per heavy atom. The van der Waals surface area contributed by atoms with Gasteiger partial charge in [0.05, 0.1) is 24.0 Å².